The van der Waals surface area contributed by atoms with Crippen LogP contribution in [0.1, 0.15) is 37.8 Å². The summed E-state index contributed by atoms with van der Waals surface area (Å²) in [6.45, 7) is 7.39. The number of carboxylic acids is 2. The van der Waals surface area contributed by atoms with Crippen LogP contribution in [0.4, 0.5) is 0 Å². The number of hydroxylamine groups is 2. The highest BCUT2D eigenvalue weighted by Crippen LogP contribution is 2.29. The van der Waals surface area contributed by atoms with Crippen molar-refractivity contribution < 1.29 is 24.6 Å². The van der Waals surface area contributed by atoms with Crippen LogP contribution in [0.25, 0.3) is 0 Å². The molecule has 0 saturated heterocycles. The van der Waals surface area contributed by atoms with E-state index in [4.69, 9.17) is 26.7 Å². The number of rotatable bonds is 9. The summed E-state index contributed by atoms with van der Waals surface area (Å²) in [4.78, 5) is 25.0. The first kappa shape index (κ1) is 26.2. The van der Waals surface area contributed by atoms with Gasteiger partial charge in [-0.25, -0.2) is 9.59 Å². The number of aliphatic carboxylic acids is 2. The fourth-order valence-electron chi connectivity index (χ4n) is 2.82. The summed E-state index contributed by atoms with van der Waals surface area (Å²) in [6, 6.07) is 16.6. The Hall–Kier alpha value is -2.83. The van der Waals surface area contributed by atoms with Crippen molar-refractivity contribution >= 4 is 23.5 Å². The fourth-order valence-corrected chi connectivity index (χ4v) is 3.04. The van der Waals surface area contributed by atoms with Gasteiger partial charge in [0.05, 0.1) is 5.02 Å². The van der Waals surface area contributed by atoms with Crippen molar-refractivity contribution in [3.63, 3.8) is 0 Å². The lowest BCUT2D eigenvalue weighted by Gasteiger charge is -2.22. The molecule has 0 amide bonds. The zero-order chi connectivity index (χ0) is 23.4. The second kappa shape index (κ2) is 13.5. The van der Waals surface area contributed by atoms with Crippen molar-refractivity contribution in [2.75, 3.05) is 13.6 Å². The topological polar surface area (TPSA) is 87.1 Å². The molecule has 0 heterocycles. The molecule has 0 radical (unpaired) electrons. The predicted octanol–water partition coefficient (Wildman–Crippen LogP) is 5.28. The monoisotopic (exact) mass is 447 g/mol. The second-order valence-electron chi connectivity index (χ2n) is 7.55. The van der Waals surface area contributed by atoms with E-state index in [-0.39, 0.29) is 0 Å². The van der Waals surface area contributed by atoms with Gasteiger partial charge in [-0.1, -0.05) is 68.8 Å². The summed E-state index contributed by atoms with van der Waals surface area (Å²) in [5.74, 6) is -0.841. The van der Waals surface area contributed by atoms with Crippen molar-refractivity contribution in [3.05, 3.63) is 76.8 Å². The highest BCUT2D eigenvalue weighted by atomic mass is 35.5. The average Bonchev–Trinajstić information content (AvgIpc) is 2.69. The standard InChI is InChI=1S/C20H26ClNO.C4H4O4/c1-15(2)18-10-11-20(19(21)13-18)23-22(4)14-16(3)12-17-8-6-5-7-9-17;5-3(6)1-2-4(7)8/h5-11,13,15-16H,12,14H2,1-4H3;1-2H,(H,5,6)(H,7,8)/b;2-1-. The quantitative estimate of drug-likeness (QED) is 0.401. The van der Waals surface area contributed by atoms with Gasteiger partial charge in [0.15, 0.2) is 5.75 Å². The van der Waals surface area contributed by atoms with Gasteiger partial charge in [-0.2, -0.15) is 0 Å². The van der Waals surface area contributed by atoms with Gasteiger partial charge in [-0.05, 0) is 41.5 Å². The maximum atomic E-state index is 9.55. The van der Waals surface area contributed by atoms with Crippen molar-refractivity contribution in [1.82, 2.24) is 5.06 Å². The highest BCUT2D eigenvalue weighted by Gasteiger charge is 2.12. The third-order valence-electron chi connectivity index (χ3n) is 4.24. The zero-order valence-electron chi connectivity index (χ0n) is 18.3. The lowest BCUT2D eigenvalue weighted by molar-refractivity contribution is -0.134. The molecule has 0 fully saturated rings. The third-order valence-corrected chi connectivity index (χ3v) is 4.54. The lowest BCUT2D eigenvalue weighted by Crippen LogP contribution is -2.28. The van der Waals surface area contributed by atoms with E-state index < -0.39 is 11.9 Å². The van der Waals surface area contributed by atoms with Crippen LogP contribution < -0.4 is 4.84 Å². The molecule has 0 spiro atoms. The van der Waals surface area contributed by atoms with E-state index in [1.54, 1.807) is 0 Å². The third kappa shape index (κ3) is 11.2. The van der Waals surface area contributed by atoms with E-state index in [0.29, 0.717) is 34.8 Å². The summed E-state index contributed by atoms with van der Waals surface area (Å²) >= 11 is 6.33. The Bertz CT molecular complexity index is 852. The molecule has 6 nitrogen and oxygen atoms in total. The summed E-state index contributed by atoms with van der Waals surface area (Å²) in [5, 5.41) is 18.2. The SMILES string of the molecule is CC(Cc1ccccc1)CN(C)Oc1ccc(C(C)C)cc1Cl.O=C(O)/C=C\C(=O)O. The van der Waals surface area contributed by atoms with Crippen molar-refractivity contribution in [3.8, 4) is 5.75 Å². The number of halogens is 1. The Morgan fingerprint density at radius 1 is 1.03 bits per heavy atom. The van der Waals surface area contributed by atoms with Gasteiger partial charge >= 0.3 is 11.9 Å². The zero-order valence-corrected chi connectivity index (χ0v) is 19.0. The van der Waals surface area contributed by atoms with Gasteiger partial charge in [-0.3, -0.25) is 0 Å². The van der Waals surface area contributed by atoms with E-state index in [1.807, 2.05) is 30.3 Å². The van der Waals surface area contributed by atoms with Crippen LogP contribution in [-0.2, 0) is 16.0 Å². The van der Waals surface area contributed by atoms with E-state index >= 15 is 0 Å². The molecule has 0 aromatic heterocycles. The number of carboxylic acid groups (broad SMARTS) is 2. The Morgan fingerprint density at radius 2 is 1.61 bits per heavy atom. The van der Waals surface area contributed by atoms with Gasteiger partial charge in [0.2, 0.25) is 0 Å². The van der Waals surface area contributed by atoms with E-state index in [9.17, 15) is 9.59 Å². The molecule has 0 aliphatic heterocycles. The minimum absolute atomic E-state index is 0.463. The van der Waals surface area contributed by atoms with Crippen molar-refractivity contribution in [2.45, 2.75) is 33.1 Å². The first-order chi connectivity index (χ1) is 14.6. The second-order valence-corrected chi connectivity index (χ2v) is 7.96. The van der Waals surface area contributed by atoms with Crippen LogP contribution in [0.3, 0.4) is 0 Å². The normalized spacial score (nSPS) is 11.8. The lowest BCUT2D eigenvalue weighted by atomic mass is 10.0. The molecule has 0 aliphatic carbocycles. The van der Waals surface area contributed by atoms with Crippen LogP contribution in [0.5, 0.6) is 5.75 Å². The smallest absolute Gasteiger partial charge is 0.328 e. The number of benzene rings is 2. The Kier molecular flexibility index (Phi) is 11.4. The van der Waals surface area contributed by atoms with E-state index in [1.165, 1.54) is 11.1 Å². The first-order valence-electron chi connectivity index (χ1n) is 9.94. The molecular formula is C24H30ClNO5. The fraction of sp³-hybridized carbons (Fsp3) is 0.333. The summed E-state index contributed by atoms with van der Waals surface area (Å²) < 4.78 is 0. The molecule has 0 saturated carbocycles. The Morgan fingerprint density at radius 3 is 2.10 bits per heavy atom. The van der Waals surface area contributed by atoms with Gasteiger partial charge in [-0.15, -0.1) is 5.06 Å². The summed E-state index contributed by atoms with van der Waals surface area (Å²) in [5.41, 5.74) is 2.58. The number of hydrogen-bond donors (Lipinski definition) is 2. The summed E-state index contributed by atoms with van der Waals surface area (Å²) in [7, 11) is 1.95. The molecule has 168 valence electrons. The minimum Gasteiger partial charge on any atom is -0.478 e. The largest absolute Gasteiger partial charge is 0.478 e. The van der Waals surface area contributed by atoms with Crippen molar-refractivity contribution in [1.29, 1.82) is 0 Å². The molecule has 1 atom stereocenters. The number of carbonyl (C=O) groups is 2. The van der Waals surface area contributed by atoms with Gasteiger partial charge in [0.1, 0.15) is 0 Å². The molecule has 7 heteroatoms. The predicted molar refractivity (Wildman–Crippen MR) is 123 cm³/mol. The van der Waals surface area contributed by atoms with E-state index in [0.717, 1.165) is 13.0 Å². The van der Waals surface area contributed by atoms with Crippen LogP contribution in [0, 0.1) is 5.92 Å². The molecule has 31 heavy (non-hydrogen) atoms. The van der Waals surface area contributed by atoms with Crippen molar-refractivity contribution in [2.24, 2.45) is 5.92 Å². The first-order valence-corrected chi connectivity index (χ1v) is 10.3. The van der Waals surface area contributed by atoms with Crippen LogP contribution in [0.15, 0.2) is 60.7 Å². The minimum atomic E-state index is -1.26. The summed E-state index contributed by atoms with van der Waals surface area (Å²) in [6.07, 6.45) is 2.15. The molecule has 0 aliphatic rings. The maximum absolute atomic E-state index is 9.55. The molecule has 2 rings (SSSR count). The van der Waals surface area contributed by atoms with Gasteiger partial charge in [0.25, 0.3) is 0 Å². The van der Waals surface area contributed by atoms with Gasteiger partial charge in [0, 0.05) is 25.7 Å². The molecule has 0 bridgehead atoms. The molecule has 1 unspecified atom stereocenters. The Labute approximate surface area is 188 Å². The van der Waals surface area contributed by atoms with E-state index in [2.05, 4.69) is 51.1 Å². The molecular weight excluding hydrogens is 418 g/mol. The molecule has 2 N–H and O–H groups in total. The van der Waals surface area contributed by atoms with Gasteiger partial charge < -0.3 is 15.1 Å². The Balaban J connectivity index is 0.000000512. The van der Waals surface area contributed by atoms with Crippen LogP contribution >= 0.6 is 11.6 Å². The number of hydrogen-bond acceptors (Lipinski definition) is 4. The average molecular weight is 448 g/mol. The highest BCUT2D eigenvalue weighted by molar-refractivity contribution is 6.32. The molecule has 2 aromatic rings. The number of nitrogens with zero attached hydrogens (tertiary/aromatic N) is 1. The maximum Gasteiger partial charge on any atom is 0.328 e. The van der Waals surface area contributed by atoms with Crippen LogP contribution in [0.2, 0.25) is 5.02 Å². The van der Waals surface area contributed by atoms with Crippen LogP contribution in [-0.4, -0.2) is 40.8 Å². The molecule has 2 aromatic carbocycles.